The third kappa shape index (κ3) is 4.76. The number of aliphatic imine (C=N–C) groups is 1. The van der Waals surface area contributed by atoms with Crippen molar-refractivity contribution in [3.63, 3.8) is 0 Å². The maximum Gasteiger partial charge on any atom is 0.401 e. The third-order valence-corrected chi connectivity index (χ3v) is 5.99. The monoisotopic (exact) mass is 490 g/mol. The number of alkyl halides is 3. The second kappa shape index (κ2) is 8.81. The lowest BCUT2D eigenvalue weighted by Gasteiger charge is -2.61. The molecule has 3 aliphatic rings. The van der Waals surface area contributed by atoms with Gasteiger partial charge >= 0.3 is 6.18 Å². The van der Waals surface area contributed by atoms with Crippen LogP contribution in [0.25, 0.3) is 0 Å². The van der Waals surface area contributed by atoms with Crippen LogP contribution in [-0.4, -0.2) is 68.5 Å². The van der Waals surface area contributed by atoms with Gasteiger partial charge in [-0.1, -0.05) is 6.42 Å². The van der Waals surface area contributed by atoms with Crippen LogP contribution >= 0.6 is 24.0 Å². The molecule has 1 aliphatic heterocycles. The Labute approximate surface area is 170 Å². The molecule has 0 radical (unpaired) electrons. The Morgan fingerprint density at radius 3 is 2.58 bits per heavy atom. The highest BCUT2D eigenvalue weighted by Crippen LogP contribution is 2.57. The van der Waals surface area contributed by atoms with Crippen LogP contribution in [-0.2, 0) is 4.74 Å². The molecule has 3 fully saturated rings. The van der Waals surface area contributed by atoms with E-state index in [1.165, 1.54) is 24.2 Å². The van der Waals surface area contributed by atoms with Crippen molar-refractivity contribution in [2.75, 3.05) is 33.3 Å². The Hall–Kier alpha value is -0.290. The van der Waals surface area contributed by atoms with Gasteiger partial charge in [0.25, 0.3) is 0 Å². The van der Waals surface area contributed by atoms with E-state index in [4.69, 9.17) is 4.74 Å². The Morgan fingerprint density at radius 2 is 2.04 bits per heavy atom. The molecule has 5 nitrogen and oxygen atoms in total. The van der Waals surface area contributed by atoms with E-state index in [2.05, 4.69) is 15.6 Å². The number of likely N-dealkylation sites (tertiary alicyclic amines) is 1. The minimum Gasteiger partial charge on any atom is -0.378 e. The molecular formula is C17H30F3IN4O. The van der Waals surface area contributed by atoms with Gasteiger partial charge in [-0.05, 0) is 32.6 Å². The highest BCUT2D eigenvalue weighted by molar-refractivity contribution is 14.0. The van der Waals surface area contributed by atoms with Gasteiger partial charge in [0, 0.05) is 44.2 Å². The van der Waals surface area contributed by atoms with E-state index in [0.29, 0.717) is 37.6 Å². The second-order valence-electron chi connectivity index (χ2n) is 7.52. The molecule has 2 N–H and O–H groups in total. The zero-order valence-electron chi connectivity index (χ0n) is 15.4. The second-order valence-corrected chi connectivity index (χ2v) is 7.52. The summed E-state index contributed by atoms with van der Waals surface area (Å²) in [4.78, 5) is 5.73. The predicted molar refractivity (Wildman–Crippen MR) is 106 cm³/mol. The summed E-state index contributed by atoms with van der Waals surface area (Å²) in [6, 6.07) is 0.352. The zero-order chi connectivity index (χ0) is 18.1. The van der Waals surface area contributed by atoms with Crippen LogP contribution in [0.5, 0.6) is 0 Å². The SMILES string of the molecule is CCOC1CC(NC(=NC)NC2CCN(CC(F)(F)F)C2)C12CCC2.I. The number of rotatable bonds is 5. The Morgan fingerprint density at radius 1 is 1.31 bits per heavy atom. The van der Waals surface area contributed by atoms with Crippen molar-refractivity contribution in [3.8, 4) is 0 Å². The fourth-order valence-corrected chi connectivity index (χ4v) is 4.52. The van der Waals surface area contributed by atoms with Gasteiger partial charge in [-0.2, -0.15) is 13.2 Å². The first-order valence-electron chi connectivity index (χ1n) is 9.27. The average molecular weight is 490 g/mol. The van der Waals surface area contributed by atoms with Gasteiger partial charge < -0.3 is 15.4 Å². The molecule has 3 unspecified atom stereocenters. The van der Waals surface area contributed by atoms with Crippen LogP contribution in [0.2, 0.25) is 0 Å². The minimum absolute atomic E-state index is 0. The smallest absolute Gasteiger partial charge is 0.378 e. The molecule has 2 saturated carbocycles. The van der Waals surface area contributed by atoms with Crippen molar-refractivity contribution < 1.29 is 17.9 Å². The highest BCUT2D eigenvalue weighted by atomic mass is 127. The van der Waals surface area contributed by atoms with E-state index >= 15 is 0 Å². The molecule has 1 spiro atoms. The van der Waals surface area contributed by atoms with E-state index in [-0.39, 0.29) is 35.4 Å². The Balaban J connectivity index is 0.00000243. The topological polar surface area (TPSA) is 48.9 Å². The molecule has 3 atom stereocenters. The van der Waals surface area contributed by atoms with Crippen LogP contribution in [0, 0.1) is 5.41 Å². The molecular weight excluding hydrogens is 460 g/mol. The van der Waals surface area contributed by atoms with E-state index in [1.807, 2.05) is 6.92 Å². The van der Waals surface area contributed by atoms with E-state index < -0.39 is 12.7 Å². The molecule has 26 heavy (non-hydrogen) atoms. The number of hydrogen-bond acceptors (Lipinski definition) is 3. The lowest BCUT2D eigenvalue weighted by Crippen LogP contribution is -2.69. The summed E-state index contributed by atoms with van der Waals surface area (Å²) in [5, 5.41) is 6.79. The fraction of sp³-hybridized carbons (Fsp3) is 0.941. The lowest BCUT2D eigenvalue weighted by molar-refractivity contribution is -0.168. The van der Waals surface area contributed by atoms with Crippen molar-refractivity contribution in [1.29, 1.82) is 0 Å². The first kappa shape index (κ1) is 22.0. The summed E-state index contributed by atoms with van der Waals surface area (Å²) in [6.07, 6.45) is 1.46. The Bertz CT molecular complexity index is 499. The molecule has 0 aromatic heterocycles. The van der Waals surface area contributed by atoms with Crippen LogP contribution in [0.4, 0.5) is 13.2 Å². The van der Waals surface area contributed by atoms with Crippen molar-refractivity contribution in [1.82, 2.24) is 15.5 Å². The molecule has 1 saturated heterocycles. The van der Waals surface area contributed by atoms with Gasteiger partial charge in [0.05, 0.1) is 12.6 Å². The molecule has 3 rings (SSSR count). The first-order valence-corrected chi connectivity index (χ1v) is 9.27. The summed E-state index contributed by atoms with van der Waals surface area (Å²) in [5.41, 5.74) is 0.228. The quantitative estimate of drug-likeness (QED) is 0.354. The van der Waals surface area contributed by atoms with Gasteiger partial charge in [0.2, 0.25) is 0 Å². The summed E-state index contributed by atoms with van der Waals surface area (Å²) in [7, 11) is 1.71. The normalized spacial score (nSPS) is 31.1. The predicted octanol–water partition coefficient (Wildman–Crippen LogP) is 2.75. The zero-order valence-corrected chi connectivity index (χ0v) is 17.8. The average Bonchev–Trinajstić information content (AvgIpc) is 2.88. The van der Waals surface area contributed by atoms with Gasteiger partial charge in [-0.25, -0.2) is 0 Å². The molecule has 2 aliphatic carbocycles. The van der Waals surface area contributed by atoms with Crippen LogP contribution < -0.4 is 10.6 Å². The number of guanidine groups is 1. The van der Waals surface area contributed by atoms with Crippen LogP contribution in [0.15, 0.2) is 4.99 Å². The molecule has 1 heterocycles. The molecule has 0 aromatic rings. The van der Waals surface area contributed by atoms with Crippen molar-refractivity contribution in [2.24, 2.45) is 10.4 Å². The summed E-state index contributed by atoms with van der Waals surface area (Å²) in [5.74, 6) is 0.699. The van der Waals surface area contributed by atoms with Crippen molar-refractivity contribution in [3.05, 3.63) is 0 Å². The summed E-state index contributed by atoms with van der Waals surface area (Å²) >= 11 is 0. The maximum atomic E-state index is 12.5. The van der Waals surface area contributed by atoms with E-state index in [0.717, 1.165) is 13.0 Å². The van der Waals surface area contributed by atoms with Crippen molar-refractivity contribution in [2.45, 2.75) is 63.4 Å². The summed E-state index contributed by atoms with van der Waals surface area (Å²) < 4.78 is 43.4. The third-order valence-electron chi connectivity index (χ3n) is 5.99. The molecule has 152 valence electrons. The fourth-order valence-electron chi connectivity index (χ4n) is 4.52. The van der Waals surface area contributed by atoms with Gasteiger partial charge in [0.1, 0.15) is 0 Å². The standard InChI is InChI=1S/C17H29F3N4O.HI/c1-3-25-14-9-13(16(14)6-4-7-16)23-15(21-2)22-12-5-8-24(10-12)11-17(18,19)20;/h12-14H,3-11H2,1-2H3,(H2,21,22,23);1H. The lowest BCUT2D eigenvalue weighted by atomic mass is 9.51. The number of halogens is 4. The Kier molecular flexibility index (Phi) is 7.46. The number of nitrogens with one attached hydrogen (secondary N) is 2. The highest BCUT2D eigenvalue weighted by Gasteiger charge is 2.59. The first-order chi connectivity index (χ1) is 11.9. The summed E-state index contributed by atoms with van der Waals surface area (Å²) in [6.45, 7) is 2.80. The van der Waals surface area contributed by atoms with Crippen LogP contribution in [0.3, 0.4) is 0 Å². The van der Waals surface area contributed by atoms with E-state index in [9.17, 15) is 13.2 Å². The van der Waals surface area contributed by atoms with Crippen LogP contribution in [0.1, 0.15) is 39.0 Å². The number of nitrogens with zero attached hydrogens (tertiary/aromatic N) is 2. The molecule has 0 aromatic carbocycles. The van der Waals surface area contributed by atoms with Gasteiger partial charge in [0.15, 0.2) is 5.96 Å². The largest absolute Gasteiger partial charge is 0.401 e. The number of ether oxygens (including phenoxy) is 1. The molecule has 0 bridgehead atoms. The van der Waals surface area contributed by atoms with Crippen molar-refractivity contribution >= 4 is 29.9 Å². The molecule has 9 heteroatoms. The molecule has 0 amide bonds. The van der Waals surface area contributed by atoms with Gasteiger partial charge in [-0.3, -0.25) is 9.89 Å². The van der Waals surface area contributed by atoms with E-state index in [1.54, 1.807) is 7.05 Å². The maximum absolute atomic E-state index is 12.5. The number of hydrogen-bond donors (Lipinski definition) is 2. The van der Waals surface area contributed by atoms with Gasteiger partial charge in [-0.15, -0.1) is 24.0 Å². The minimum atomic E-state index is -4.13.